The van der Waals surface area contributed by atoms with E-state index in [0.717, 1.165) is 5.56 Å². The highest BCUT2D eigenvalue weighted by molar-refractivity contribution is 6.13. The summed E-state index contributed by atoms with van der Waals surface area (Å²) in [5.74, 6) is 0.168. The number of nitrogens with zero attached hydrogens (tertiary/aromatic N) is 2. The Morgan fingerprint density at radius 3 is 2.56 bits per heavy atom. The molecular formula is C18H14N2O5. The van der Waals surface area contributed by atoms with Gasteiger partial charge >= 0.3 is 5.97 Å². The lowest BCUT2D eigenvalue weighted by atomic mass is 10.1. The minimum absolute atomic E-state index is 0.0233. The Morgan fingerprint density at radius 1 is 1.20 bits per heavy atom. The largest absolute Gasteiger partial charge is 0.496 e. The summed E-state index contributed by atoms with van der Waals surface area (Å²) in [6.07, 6.45) is 1.52. The minimum atomic E-state index is -0.586. The molecule has 0 unspecified atom stereocenters. The number of hydrogen-bond donors (Lipinski definition) is 0. The molecule has 0 aromatic heterocycles. The van der Waals surface area contributed by atoms with Crippen molar-refractivity contribution in [3.8, 4) is 5.75 Å². The molecule has 1 heterocycles. The van der Waals surface area contributed by atoms with Gasteiger partial charge < -0.3 is 9.47 Å². The van der Waals surface area contributed by atoms with E-state index >= 15 is 0 Å². The van der Waals surface area contributed by atoms with Crippen LogP contribution in [0.3, 0.4) is 0 Å². The van der Waals surface area contributed by atoms with E-state index in [1.807, 2.05) is 19.1 Å². The number of aliphatic imine (C=N–C) groups is 1. The lowest BCUT2D eigenvalue weighted by Crippen LogP contribution is -2.07. The average molecular weight is 338 g/mol. The van der Waals surface area contributed by atoms with Crippen LogP contribution < -0.4 is 4.74 Å². The summed E-state index contributed by atoms with van der Waals surface area (Å²) in [6, 6.07) is 11.3. The predicted molar refractivity (Wildman–Crippen MR) is 91.4 cm³/mol. The summed E-state index contributed by atoms with van der Waals surface area (Å²) in [4.78, 5) is 26.5. The Kier molecular flexibility index (Phi) is 4.30. The Hall–Kier alpha value is -3.48. The lowest BCUT2D eigenvalue weighted by molar-refractivity contribution is -0.384. The molecule has 1 aliphatic rings. The molecule has 0 aliphatic carbocycles. The molecule has 0 saturated heterocycles. The fourth-order valence-electron chi connectivity index (χ4n) is 2.47. The van der Waals surface area contributed by atoms with Gasteiger partial charge in [0.05, 0.1) is 17.6 Å². The third-order valence-electron chi connectivity index (χ3n) is 3.67. The second-order valence-electron chi connectivity index (χ2n) is 5.34. The van der Waals surface area contributed by atoms with Crippen LogP contribution in [0.25, 0.3) is 6.08 Å². The van der Waals surface area contributed by atoms with Gasteiger partial charge in [-0.05, 0) is 42.3 Å². The Bertz CT molecular complexity index is 914. The van der Waals surface area contributed by atoms with Crippen LogP contribution in [0.15, 0.2) is 53.2 Å². The Labute approximate surface area is 143 Å². The third kappa shape index (κ3) is 3.25. The zero-order chi connectivity index (χ0) is 18.0. The van der Waals surface area contributed by atoms with E-state index in [9.17, 15) is 14.9 Å². The molecule has 7 heteroatoms. The molecule has 7 nitrogen and oxygen atoms in total. The van der Waals surface area contributed by atoms with Gasteiger partial charge in [0, 0.05) is 12.1 Å². The van der Waals surface area contributed by atoms with Crippen molar-refractivity contribution in [2.75, 3.05) is 7.11 Å². The van der Waals surface area contributed by atoms with Gasteiger partial charge in [-0.3, -0.25) is 10.1 Å². The highest BCUT2D eigenvalue weighted by Gasteiger charge is 2.26. The van der Waals surface area contributed by atoms with E-state index in [0.29, 0.717) is 16.9 Å². The van der Waals surface area contributed by atoms with Crippen molar-refractivity contribution in [3.63, 3.8) is 0 Å². The highest BCUT2D eigenvalue weighted by Crippen LogP contribution is 2.28. The van der Waals surface area contributed by atoms with Crippen molar-refractivity contribution < 1.29 is 19.2 Å². The van der Waals surface area contributed by atoms with Gasteiger partial charge in [-0.25, -0.2) is 9.79 Å². The summed E-state index contributed by atoms with van der Waals surface area (Å²) in [5, 5.41) is 10.7. The SMILES string of the molecule is COc1c(C)cccc1C1=NC(=Cc2ccc([N+](=O)[O-])cc2)C(=O)O1. The quantitative estimate of drug-likeness (QED) is 0.369. The number of cyclic esters (lactones) is 1. The fourth-order valence-corrected chi connectivity index (χ4v) is 2.47. The van der Waals surface area contributed by atoms with Crippen molar-refractivity contribution in [2.24, 2.45) is 4.99 Å². The number of esters is 1. The number of carbonyl (C=O) groups excluding carboxylic acids is 1. The van der Waals surface area contributed by atoms with Crippen LogP contribution in [0.2, 0.25) is 0 Å². The number of nitro groups is 1. The highest BCUT2D eigenvalue weighted by atomic mass is 16.6. The first-order valence-electron chi connectivity index (χ1n) is 7.40. The van der Waals surface area contributed by atoms with Crippen LogP contribution in [0.1, 0.15) is 16.7 Å². The van der Waals surface area contributed by atoms with Gasteiger partial charge in [-0.15, -0.1) is 0 Å². The first-order valence-corrected chi connectivity index (χ1v) is 7.40. The molecule has 0 fully saturated rings. The molecule has 0 amide bonds. The molecule has 25 heavy (non-hydrogen) atoms. The molecule has 2 aromatic carbocycles. The van der Waals surface area contributed by atoms with Gasteiger partial charge in [0.2, 0.25) is 5.90 Å². The smallest absolute Gasteiger partial charge is 0.363 e. The van der Waals surface area contributed by atoms with Crippen molar-refractivity contribution in [1.82, 2.24) is 0 Å². The van der Waals surface area contributed by atoms with Crippen LogP contribution in [0.4, 0.5) is 5.69 Å². The molecule has 0 radical (unpaired) electrons. The molecule has 0 spiro atoms. The van der Waals surface area contributed by atoms with Crippen LogP contribution in [-0.2, 0) is 9.53 Å². The molecule has 0 N–H and O–H groups in total. The Balaban J connectivity index is 1.95. The normalized spacial score (nSPS) is 15.0. The van der Waals surface area contributed by atoms with Gasteiger partial charge in [0.1, 0.15) is 5.75 Å². The minimum Gasteiger partial charge on any atom is -0.496 e. The molecule has 1 aliphatic heterocycles. The summed E-state index contributed by atoms with van der Waals surface area (Å²) >= 11 is 0. The van der Waals surface area contributed by atoms with Gasteiger partial charge in [-0.2, -0.15) is 0 Å². The van der Waals surface area contributed by atoms with E-state index in [1.54, 1.807) is 18.2 Å². The number of ether oxygens (including phenoxy) is 2. The maximum Gasteiger partial charge on any atom is 0.363 e. The standard InChI is InChI=1S/C18H14N2O5/c1-11-4-3-5-14(16(11)24-2)17-19-15(18(21)25-17)10-12-6-8-13(9-7-12)20(22)23/h3-10H,1-2H3. The maximum atomic E-state index is 12.1. The van der Waals surface area contributed by atoms with Gasteiger partial charge in [0.15, 0.2) is 5.70 Å². The average Bonchev–Trinajstić information content (AvgIpc) is 2.95. The van der Waals surface area contributed by atoms with Crippen molar-refractivity contribution in [2.45, 2.75) is 6.92 Å². The molecule has 0 bridgehead atoms. The number of rotatable bonds is 4. The van der Waals surface area contributed by atoms with Gasteiger partial charge in [-0.1, -0.05) is 12.1 Å². The van der Waals surface area contributed by atoms with Gasteiger partial charge in [0.25, 0.3) is 5.69 Å². The summed E-state index contributed by atoms with van der Waals surface area (Å²) in [5.41, 5.74) is 2.19. The van der Waals surface area contributed by atoms with Crippen molar-refractivity contribution >= 4 is 23.6 Å². The monoisotopic (exact) mass is 338 g/mol. The molecule has 3 rings (SSSR count). The number of aryl methyl sites for hydroxylation is 1. The number of benzene rings is 2. The number of carbonyl (C=O) groups is 1. The molecule has 2 aromatic rings. The topological polar surface area (TPSA) is 91.0 Å². The molecule has 0 saturated carbocycles. The predicted octanol–water partition coefficient (Wildman–Crippen LogP) is 3.26. The van der Waals surface area contributed by atoms with Crippen LogP contribution in [0, 0.1) is 17.0 Å². The second-order valence-corrected chi connectivity index (χ2v) is 5.34. The van der Waals surface area contributed by atoms with Crippen LogP contribution in [-0.4, -0.2) is 23.9 Å². The van der Waals surface area contributed by atoms with Crippen molar-refractivity contribution in [1.29, 1.82) is 0 Å². The second kappa shape index (κ2) is 6.56. The van der Waals surface area contributed by atoms with E-state index in [4.69, 9.17) is 9.47 Å². The first kappa shape index (κ1) is 16.4. The number of para-hydroxylation sites is 1. The van der Waals surface area contributed by atoms with Crippen molar-refractivity contribution in [3.05, 3.63) is 75.0 Å². The summed E-state index contributed by atoms with van der Waals surface area (Å²) < 4.78 is 10.6. The lowest BCUT2D eigenvalue weighted by Gasteiger charge is -2.09. The van der Waals surface area contributed by atoms with Crippen LogP contribution >= 0.6 is 0 Å². The zero-order valence-electron chi connectivity index (χ0n) is 13.6. The van der Waals surface area contributed by atoms with E-state index in [2.05, 4.69) is 4.99 Å². The molecule has 0 atom stereocenters. The maximum absolute atomic E-state index is 12.1. The summed E-state index contributed by atoms with van der Waals surface area (Å²) in [7, 11) is 1.54. The number of hydrogen-bond acceptors (Lipinski definition) is 6. The number of non-ortho nitro benzene ring substituents is 1. The van der Waals surface area contributed by atoms with E-state index in [1.165, 1.54) is 25.3 Å². The number of nitro benzene ring substituents is 1. The third-order valence-corrected chi connectivity index (χ3v) is 3.67. The molecule has 126 valence electrons. The summed E-state index contributed by atoms with van der Waals surface area (Å²) in [6.45, 7) is 1.88. The van der Waals surface area contributed by atoms with E-state index in [-0.39, 0.29) is 17.3 Å². The zero-order valence-corrected chi connectivity index (χ0v) is 13.6. The van der Waals surface area contributed by atoms with E-state index < -0.39 is 10.9 Å². The fraction of sp³-hybridized carbons (Fsp3) is 0.111. The Morgan fingerprint density at radius 2 is 1.92 bits per heavy atom. The first-order chi connectivity index (χ1) is 12.0. The molecular weight excluding hydrogens is 324 g/mol. The number of methoxy groups -OCH3 is 1. The van der Waals surface area contributed by atoms with Crippen LogP contribution in [0.5, 0.6) is 5.75 Å².